The van der Waals surface area contributed by atoms with Crippen LogP contribution in [0.5, 0.6) is 0 Å². The molecule has 1 aromatic carbocycles. The molecule has 0 spiro atoms. The number of hydrogen-bond acceptors (Lipinski definition) is 3. The Morgan fingerprint density at radius 2 is 1.81 bits per heavy atom. The lowest BCUT2D eigenvalue weighted by Crippen LogP contribution is -2.41. The molecule has 1 saturated carbocycles. The minimum Gasteiger partial charge on any atom is -0.466 e. The Kier molecular flexibility index (Phi) is 4.66. The van der Waals surface area contributed by atoms with E-state index in [1.807, 2.05) is 44.2 Å². The predicted octanol–water partition coefficient (Wildman–Crippen LogP) is 2.38. The van der Waals surface area contributed by atoms with E-state index in [1.165, 1.54) is 0 Å². The van der Waals surface area contributed by atoms with Crippen LogP contribution in [0.1, 0.15) is 32.8 Å². The van der Waals surface area contributed by atoms with Crippen LogP contribution >= 0.6 is 0 Å². The molecule has 114 valence electrons. The average molecular weight is 289 g/mol. The number of likely N-dealkylation sites (N-methyl/N-ethyl adjacent to an activating group) is 1. The van der Waals surface area contributed by atoms with Crippen LogP contribution in [0.15, 0.2) is 30.3 Å². The second kappa shape index (κ2) is 6.29. The van der Waals surface area contributed by atoms with E-state index in [0.717, 1.165) is 5.56 Å². The van der Waals surface area contributed by atoms with Gasteiger partial charge in [0.05, 0.1) is 17.9 Å². The summed E-state index contributed by atoms with van der Waals surface area (Å²) in [5, 5.41) is 0. The quantitative estimate of drug-likeness (QED) is 0.755. The third-order valence-corrected chi connectivity index (χ3v) is 4.25. The molecule has 4 heteroatoms. The van der Waals surface area contributed by atoms with Crippen LogP contribution in [0.4, 0.5) is 0 Å². The zero-order valence-electron chi connectivity index (χ0n) is 13.0. The molecule has 0 heterocycles. The summed E-state index contributed by atoms with van der Waals surface area (Å²) < 4.78 is 5.13. The molecule has 0 saturated heterocycles. The molecule has 0 aromatic heterocycles. The van der Waals surface area contributed by atoms with Gasteiger partial charge in [0.1, 0.15) is 0 Å². The fraction of sp³-hybridized carbons (Fsp3) is 0.529. The summed E-state index contributed by atoms with van der Waals surface area (Å²) in [6.45, 7) is 7.36. The van der Waals surface area contributed by atoms with Crippen molar-refractivity contribution in [1.82, 2.24) is 4.90 Å². The molecule has 4 nitrogen and oxygen atoms in total. The van der Waals surface area contributed by atoms with Crippen LogP contribution in [-0.2, 0) is 19.7 Å². The summed E-state index contributed by atoms with van der Waals surface area (Å²) in [5.74, 6) is -0.577. The summed E-state index contributed by atoms with van der Waals surface area (Å²) in [6.07, 6.45) is 0.547. The Morgan fingerprint density at radius 3 is 2.33 bits per heavy atom. The molecule has 1 amide bonds. The topological polar surface area (TPSA) is 46.6 Å². The molecule has 0 radical (unpaired) electrons. The number of benzene rings is 1. The Hall–Kier alpha value is -1.84. The number of rotatable bonds is 6. The van der Waals surface area contributed by atoms with Crippen LogP contribution in [0.2, 0.25) is 0 Å². The minimum absolute atomic E-state index is 0.0387. The summed E-state index contributed by atoms with van der Waals surface area (Å²) >= 11 is 0. The van der Waals surface area contributed by atoms with Gasteiger partial charge in [-0.25, -0.2) is 0 Å². The molecule has 2 rings (SSSR count). The van der Waals surface area contributed by atoms with E-state index in [2.05, 4.69) is 0 Å². The summed E-state index contributed by atoms with van der Waals surface area (Å²) in [4.78, 5) is 26.8. The first-order valence-electron chi connectivity index (χ1n) is 7.63. The highest BCUT2D eigenvalue weighted by Crippen LogP contribution is 2.56. The Bertz CT molecular complexity index is 510. The van der Waals surface area contributed by atoms with Gasteiger partial charge in [-0.15, -0.1) is 0 Å². The zero-order valence-corrected chi connectivity index (χ0v) is 13.0. The SMILES string of the molecule is CCOC(=O)C1C[C@@]1(C(=O)N(CC)CC)c1ccccc1. The van der Waals surface area contributed by atoms with Crippen LogP contribution in [-0.4, -0.2) is 36.5 Å². The van der Waals surface area contributed by atoms with Gasteiger partial charge in [0.2, 0.25) is 5.91 Å². The van der Waals surface area contributed by atoms with Crippen molar-refractivity contribution in [3.8, 4) is 0 Å². The molecule has 1 aliphatic carbocycles. The molecule has 2 atom stereocenters. The first-order chi connectivity index (χ1) is 10.1. The van der Waals surface area contributed by atoms with Gasteiger partial charge in [-0.05, 0) is 32.8 Å². The number of ether oxygens (including phenoxy) is 1. The number of nitrogens with zero attached hydrogens (tertiary/aromatic N) is 1. The van der Waals surface area contributed by atoms with Crippen molar-refractivity contribution in [1.29, 1.82) is 0 Å². The van der Waals surface area contributed by atoms with Gasteiger partial charge in [0.15, 0.2) is 0 Å². The third-order valence-electron chi connectivity index (χ3n) is 4.25. The highest BCUT2D eigenvalue weighted by atomic mass is 16.5. The third kappa shape index (κ3) is 2.67. The van der Waals surface area contributed by atoms with E-state index in [0.29, 0.717) is 26.1 Å². The standard InChI is InChI=1S/C17H23NO3/c1-4-18(5-2)16(20)17(13-10-8-7-9-11-13)12-14(17)15(19)21-6-3/h7-11,14H,4-6,12H2,1-3H3/t14?,17-/m1/s1. The smallest absolute Gasteiger partial charge is 0.310 e. The van der Waals surface area contributed by atoms with Gasteiger partial charge >= 0.3 is 5.97 Å². The largest absolute Gasteiger partial charge is 0.466 e. The first kappa shape index (κ1) is 15.5. The lowest BCUT2D eigenvalue weighted by molar-refractivity contribution is -0.147. The first-order valence-corrected chi connectivity index (χ1v) is 7.63. The highest BCUT2D eigenvalue weighted by molar-refractivity contribution is 5.99. The van der Waals surface area contributed by atoms with Gasteiger partial charge in [0, 0.05) is 13.1 Å². The van der Waals surface area contributed by atoms with Gasteiger partial charge in [-0.2, -0.15) is 0 Å². The maximum atomic E-state index is 12.9. The van der Waals surface area contributed by atoms with Crippen molar-refractivity contribution in [2.24, 2.45) is 5.92 Å². The van der Waals surface area contributed by atoms with Gasteiger partial charge < -0.3 is 9.64 Å². The number of amides is 1. The summed E-state index contributed by atoms with van der Waals surface area (Å²) in [6, 6.07) is 9.60. The van der Waals surface area contributed by atoms with E-state index < -0.39 is 5.41 Å². The van der Waals surface area contributed by atoms with Crippen LogP contribution < -0.4 is 0 Å². The maximum absolute atomic E-state index is 12.9. The maximum Gasteiger partial charge on any atom is 0.310 e. The Morgan fingerprint density at radius 1 is 1.19 bits per heavy atom. The van der Waals surface area contributed by atoms with Crippen LogP contribution in [0.25, 0.3) is 0 Å². The number of esters is 1. The average Bonchev–Trinajstić information content (AvgIpc) is 3.26. The van der Waals surface area contributed by atoms with Gasteiger partial charge in [-0.3, -0.25) is 9.59 Å². The van der Waals surface area contributed by atoms with Crippen molar-refractivity contribution in [2.75, 3.05) is 19.7 Å². The Labute approximate surface area is 126 Å². The number of carbonyl (C=O) groups is 2. The summed E-state index contributed by atoms with van der Waals surface area (Å²) in [5.41, 5.74) is 0.194. The molecule has 1 aliphatic rings. The molecule has 0 aliphatic heterocycles. The zero-order chi connectivity index (χ0) is 15.5. The lowest BCUT2D eigenvalue weighted by Gasteiger charge is -2.26. The van der Waals surface area contributed by atoms with Gasteiger partial charge in [0.25, 0.3) is 0 Å². The van der Waals surface area contributed by atoms with E-state index in [1.54, 1.807) is 11.8 Å². The van der Waals surface area contributed by atoms with Crippen molar-refractivity contribution in [3.05, 3.63) is 35.9 Å². The fourth-order valence-electron chi connectivity index (χ4n) is 3.00. The van der Waals surface area contributed by atoms with Crippen LogP contribution in [0, 0.1) is 5.92 Å². The van der Waals surface area contributed by atoms with E-state index in [9.17, 15) is 9.59 Å². The Balaban J connectivity index is 2.34. The predicted molar refractivity (Wildman–Crippen MR) is 80.8 cm³/mol. The van der Waals surface area contributed by atoms with Crippen LogP contribution in [0.3, 0.4) is 0 Å². The molecule has 21 heavy (non-hydrogen) atoms. The van der Waals surface area contributed by atoms with Crippen molar-refractivity contribution >= 4 is 11.9 Å². The lowest BCUT2D eigenvalue weighted by atomic mass is 9.91. The second-order valence-electron chi connectivity index (χ2n) is 5.32. The number of hydrogen-bond donors (Lipinski definition) is 0. The van der Waals surface area contributed by atoms with Gasteiger partial charge in [-0.1, -0.05) is 30.3 Å². The van der Waals surface area contributed by atoms with Crippen molar-refractivity contribution in [3.63, 3.8) is 0 Å². The second-order valence-corrected chi connectivity index (χ2v) is 5.32. The molecular formula is C17H23NO3. The fourth-order valence-corrected chi connectivity index (χ4v) is 3.00. The molecule has 0 bridgehead atoms. The minimum atomic E-state index is -0.723. The van der Waals surface area contributed by atoms with E-state index in [-0.39, 0.29) is 17.8 Å². The normalized spacial score (nSPS) is 23.5. The molecular weight excluding hydrogens is 266 g/mol. The molecule has 1 aromatic rings. The van der Waals surface area contributed by atoms with E-state index in [4.69, 9.17) is 4.74 Å². The summed E-state index contributed by atoms with van der Waals surface area (Å²) in [7, 11) is 0. The molecule has 1 unspecified atom stereocenters. The van der Waals surface area contributed by atoms with Crippen molar-refractivity contribution < 1.29 is 14.3 Å². The number of carbonyl (C=O) groups excluding carboxylic acids is 2. The monoisotopic (exact) mass is 289 g/mol. The van der Waals surface area contributed by atoms with Crippen molar-refractivity contribution in [2.45, 2.75) is 32.6 Å². The molecule has 1 fully saturated rings. The van der Waals surface area contributed by atoms with E-state index >= 15 is 0 Å². The molecule has 0 N–H and O–H groups in total. The highest BCUT2D eigenvalue weighted by Gasteiger charge is 2.66.